The summed E-state index contributed by atoms with van der Waals surface area (Å²) in [6, 6.07) is 8.65. The van der Waals surface area contributed by atoms with Crippen LogP contribution in [-0.2, 0) is 6.42 Å². The molecule has 126 valence electrons. The standard InChI is InChI=1S/C21H25FN2/c1-15(2)24-13-5-6-19-14-18(8-10-21(19)24)17(4)20(22)9-7-16(3)11-12-23/h7-11,14-15H,5-6,13H2,1-4H3/b9-7+,16-11+,20-17+. The molecule has 0 unspecified atom stereocenters. The zero-order valence-electron chi connectivity index (χ0n) is 14.9. The first kappa shape index (κ1) is 18.0. The molecule has 0 fully saturated rings. The zero-order chi connectivity index (χ0) is 17.7. The quantitative estimate of drug-likeness (QED) is 0.534. The smallest absolute Gasteiger partial charge is 0.126 e. The minimum atomic E-state index is -0.267. The average molecular weight is 324 g/mol. The van der Waals surface area contributed by atoms with Gasteiger partial charge in [-0.15, -0.1) is 0 Å². The highest BCUT2D eigenvalue weighted by Gasteiger charge is 2.19. The Hall–Kier alpha value is -2.34. The summed E-state index contributed by atoms with van der Waals surface area (Å²) in [5.41, 5.74) is 4.85. The van der Waals surface area contributed by atoms with Crippen LogP contribution in [0.3, 0.4) is 0 Å². The fourth-order valence-corrected chi connectivity index (χ4v) is 3.01. The van der Waals surface area contributed by atoms with Gasteiger partial charge < -0.3 is 4.90 Å². The van der Waals surface area contributed by atoms with E-state index in [1.165, 1.54) is 23.4 Å². The van der Waals surface area contributed by atoms with E-state index in [2.05, 4.69) is 30.9 Å². The number of allylic oxidation sites excluding steroid dienone is 6. The third kappa shape index (κ3) is 4.14. The highest BCUT2D eigenvalue weighted by Crippen LogP contribution is 2.32. The maximum Gasteiger partial charge on any atom is 0.126 e. The van der Waals surface area contributed by atoms with Crippen molar-refractivity contribution in [1.29, 1.82) is 5.26 Å². The number of rotatable bonds is 4. The molecule has 2 nitrogen and oxygen atoms in total. The summed E-state index contributed by atoms with van der Waals surface area (Å²) in [6.45, 7) is 9.07. The predicted octanol–water partition coefficient (Wildman–Crippen LogP) is 5.57. The minimum absolute atomic E-state index is 0.267. The van der Waals surface area contributed by atoms with Gasteiger partial charge >= 0.3 is 0 Å². The van der Waals surface area contributed by atoms with E-state index < -0.39 is 0 Å². The highest BCUT2D eigenvalue weighted by molar-refractivity contribution is 5.71. The van der Waals surface area contributed by atoms with Gasteiger partial charge in [-0.3, -0.25) is 0 Å². The molecule has 1 aromatic rings. The third-order valence-corrected chi connectivity index (χ3v) is 4.43. The molecule has 0 N–H and O–H groups in total. The Morgan fingerprint density at radius 1 is 1.29 bits per heavy atom. The van der Waals surface area contributed by atoms with E-state index in [9.17, 15) is 4.39 Å². The van der Waals surface area contributed by atoms with Crippen molar-refractivity contribution in [3.8, 4) is 6.07 Å². The lowest BCUT2D eigenvalue weighted by atomic mass is 9.95. The number of benzene rings is 1. The van der Waals surface area contributed by atoms with Crippen molar-refractivity contribution in [1.82, 2.24) is 0 Å². The van der Waals surface area contributed by atoms with E-state index in [0.29, 0.717) is 11.6 Å². The number of anilines is 1. The molecular formula is C21H25FN2. The number of nitrogens with zero attached hydrogens (tertiary/aromatic N) is 2. The maximum absolute atomic E-state index is 14.4. The topological polar surface area (TPSA) is 27.0 Å². The van der Waals surface area contributed by atoms with E-state index in [1.807, 2.05) is 12.1 Å². The summed E-state index contributed by atoms with van der Waals surface area (Å²) in [6.07, 6.45) is 6.64. The first-order valence-electron chi connectivity index (χ1n) is 8.44. The minimum Gasteiger partial charge on any atom is -0.369 e. The second-order valence-electron chi connectivity index (χ2n) is 6.56. The number of halogens is 1. The largest absolute Gasteiger partial charge is 0.369 e. The Labute approximate surface area is 144 Å². The van der Waals surface area contributed by atoms with Crippen LogP contribution in [0.25, 0.3) is 5.57 Å². The van der Waals surface area contributed by atoms with Crippen LogP contribution in [0, 0.1) is 11.3 Å². The summed E-state index contributed by atoms with van der Waals surface area (Å²) >= 11 is 0. The van der Waals surface area contributed by atoms with Gasteiger partial charge in [-0.05, 0) is 81.0 Å². The summed E-state index contributed by atoms with van der Waals surface area (Å²) in [5, 5.41) is 8.59. The van der Waals surface area contributed by atoms with Gasteiger partial charge in [0, 0.05) is 24.4 Å². The average Bonchev–Trinajstić information content (AvgIpc) is 2.58. The van der Waals surface area contributed by atoms with Crippen molar-refractivity contribution in [2.75, 3.05) is 11.4 Å². The van der Waals surface area contributed by atoms with Crippen molar-refractivity contribution in [3.05, 3.63) is 59.0 Å². The summed E-state index contributed by atoms with van der Waals surface area (Å²) < 4.78 is 14.4. The van der Waals surface area contributed by atoms with Crippen LogP contribution < -0.4 is 4.90 Å². The van der Waals surface area contributed by atoms with E-state index in [1.54, 1.807) is 19.9 Å². The second kappa shape index (κ2) is 7.97. The zero-order valence-corrected chi connectivity index (χ0v) is 14.9. The van der Waals surface area contributed by atoms with Gasteiger partial charge in [0.05, 0.1) is 6.07 Å². The Kier molecular flexibility index (Phi) is 5.98. The van der Waals surface area contributed by atoms with Crippen LogP contribution in [0.5, 0.6) is 0 Å². The third-order valence-electron chi connectivity index (χ3n) is 4.43. The van der Waals surface area contributed by atoms with Crippen molar-refractivity contribution >= 4 is 11.3 Å². The highest BCUT2D eigenvalue weighted by atomic mass is 19.1. The normalized spacial score (nSPS) is 16.2. The lowest BCUT2D eigenvalue weighted by Crippen LogP contribution is -2.35. The van der Waals surface area contributed by atoms with Gasteiger partial charge in [0.15, 0.2) is 0 Å². The van der Waals surface area contributed by atoms with Gasteiger partial charge in [0.2, 0.25) is 0 Å². The number of fused-ring (bicyclic) bond motifs is 1. The number of nitriles is 1. The molecule has 1 aliphatic rings. The molecule has 1 aliphatic heterocycles. The lowest BCUT2D eigenvalue weighted by molar-refractivity contribution is 0.625. The van der Waals surface area contributed by atoms with E-state index >= 15 is 0 Å². The molecule has 1 heterocycles. The SMILES string of the molecule is CC(/C=C/C(F)=C(/C)c1ccc2c(c1)CCCN2C(C)C)=C\C#N. The van der Waals surface area contributed by atoms with E-state index in [0.717, 1.165) is 30.5 Å². The first-order chi connectivity index (χ1) is 11.4. The van der Waals surface area contributed by atoms with Crippen LogP contribution in [0.2, 0.25) is 0 Å². The summed E-state index contributed by atoms with van der Waals surface area (Å²) in [7, 11) is 0. The molecule has 0 radical (unpaired) electrons. The van der Waals surface area contributed by atoms with Crippen LogP contribution >= 0.6 is 0 Å². The molecule has 0 amide bonds. The predicted molar refractivity (Wildman–Crippen MR) is 99.5 cm³/mol. The molecule has 3 heteroatoms. The molecule has 2 rings (SSSR count). The lowest BCUT2D eigenvalue weighted by Gasteiger charge is -2.35. The van der Waals surface area contributed by atoms with Gasteiger partial charge in [-0.2, -0.15) is 5.26 Å². The van der Waals surface area contributed by atoms with E-state index in [4.69, 9.17) is 5.26 Å². The second-order valence-corrected chi connectivity index (χ2v) is 6.56. The molecule has 0 atom stereocenters. The molecule has 1 aromatic carbocycles. The fourth-order valence-electron chi connectivity index (χ4n) is 3.01. The molecule has 0 aliphatic carbocycles. The Morgan fingerprint density at radius 2 is 2.04 bits per heavy atom. The molecule has 24 heavy (non-hydrogen) atoms. The number of aryl methyl sites for hydroxylation is 1. The van der Waals surface area contributed by atoms with Crippen LogP contribution in [-0.4, -0.2) is 12.6 Å². The first-order valence-corrected chi connectivity index (χ1v) is 8.44. The van der Waals surface area contributed by atoms with Crippen molar-refractivity contribution in [3.63, 3.8) is 0 Å². The Balaban J connectivity index is 2.31. The van der Waals surface area contributed by atoms with Crippen LogP contribution in [0.4, 0.5) is 10.1 Å². The van der Waals surface area contributed by atoms with Crippen molar-refractivity contribution in [2.24, 2.45) is 0 Å². The summed E-state index contributed by atoms with van der Waals surface area (Å²) in [4.78, 5) is 2.41. The molecule has 0 saturated carbocycles. The van der Waals surface area contributed by atoms with Gasteiger partial charge in [-0.25, -0.2) is 4.39 Å². The number of hydrogen-bond acceptors (Lipinski definition) is 2. The Morgan fingerprint density at radius 3 is 2.71 bits per heavy atom. The number of hydrogen-bond donors (Lipinski definition) is 0. The van der Waals surface area contributed by atoms with Crippen LogP contribution in [0.15, 0.2) is 47.8 Å². The monoisotopic (exact) mass is 324 g/mol. The molecular weight excluding hydrogens is 299 g/mol. The molecule has 0 saturated heterocycles. The molecule has 0 aromatic heterocycles. The van der Waals surface area contributed by atoms with Crippen LogP contribution in [0.1, 0.15) is 45.2 Å². The molecule has 0 bridgehead atoms. The Bertz CT molecular complexity index is 733. The van der Waals surface area contributed by atoms with Crippen molar-refractivity contribution < 1.29 is 4.39 Å². The van der Waals surface area contributed by atoms with E-state index in [-0.39, 0.29) is 5.83 Å². The fraction of sp³-hybridized carbons (Fsp3) is 0.381. The molecule has 0 spiro atoms. The van der Waals surface area contributed by atoms with Gasteiger partial charge in [-0.1, -0.05) is 12.1 Å². The summed E-state index contributed by atoms with van der Waals surface area (Å²) in [5.74, 6) is -0.267. The van der Waals surface area contributed by atoms with Gasteiger partial charge in [0.1, 0.15) is 5.83 Å². The maximum atomic E-state index is 14.4. The van der Waals surface area contributed by atoms with Crippen molar-refractivity contribution in [2.45, 2.75) is 46.6 Å². The van der Waals surface area contributed by atoms with Gasteiger partial charge in [0.25, 0.3) is 0 Å².